The summed E-state index contributed by atoms with van der Waals surface area (Å²) in [5, 5.41) is 11.6. The quantitative estimate of drug-likeness (QED) is 0.533. The molecular formula is C22H24F4N2O2. The van der Waals surface area contributed by atoms with Gasteiger partial charge in [0.05, 0.1) is 7.11 Å². The van der Waals surface area contributed by atoms with Crippen LogP contribution < -0.4 is 4.74 Å². The Bertz CT molecular complexity index is 1060. The second-order valence-electron chi connectivity index (χ2n) is 8.26. The van der Waals surface area contributed by atoms with E-state index < -0.39 is 35.9 Å². The van der Waals surface area contributed by atoms with E-state index in [4.69, 9.17) is 4.74 Å². The van der Waals surface area contributed by atoms with Gasteiger partial charge in [0.2, 0.25) is 0 Å². The fraction of sp³-hybridized carbons (Fsp3) is 0.409. The van der Waals surface area contributed by atoms with Gasteiger partial charge in [0.1, 0.15) is 11.6 Å². The van der Waals surface area contributed by atoms with E-state index >= 15 is 0 Å². The maximum absolute atomic E-state index is 14.1. The van der Waals surface area contributed by atoms with Gasteiger partial charge < -0.3 is 14.8 Å². The predicted octanol–water partition coefficient (Wildman–Crippen LogP) is 5.22. The zero-order valence-corrected chi connectivity index (χ0v) is 17.2. The number of nitrogens with zero attached hydrogens (tertiary/aromatic N) is 1. The molecule has 8 heteroatoms. The summed E-state index contributed by atoms with van der Waals surface area (Å²) in [7, 11) is 1.37. The van der Waals surface area contributed by atoms with Crippen LogP contribution in [-0.4, -0.2) is 34.0 Å². The van der Waals surface area contributed by atoms with Crippen molar-refractivity contribution in [3.63, 3.8) is 0 Å². The SMILES string of the molecule is COc1ccc(F)cc1C(C)(C)CC(O)(Cc1[nH]c2ccncc2c1C)C(F)(F)F. The van der Waals surface area contributed by atoms with E-state index in [1.807, 2.05) is 0 Å². The molecule has 4 nitrogen and oxygen atoms in total. The molecule has 2 heterocycles. The van der Waals surface area contributed by atoms with Crippen LogP contribution in [0.2, 0.25) is 0 Å². The van der Waals surface area contributed by atoms with Crippen LogP contribution in [0.1, 0.15) is 37.1 Å². The van der Waals surface area contributed by atoms with E-state index in [0.29, 0.717) is 16.5 Å². The minimum absolute atomic E-state index is 0.255. The number of H-pyrrole nitrogens is 1. The number of halogens is 4. The largest absolute Gasteiger partial charge is 0.496 e. The molecule has 0 saturated heterocycles. The number of aryl methyl sites for hydroxylation is 1. The third kappa shape index (κ3) is 4.01. The van der Waals surface area contributed by atoms with Crippen LogP contribution in [0.3, 0.4) is 0 Å². The lowest BCUT2D eigenvalue weighted by molar-refractivity contribution is -0.266. The number of aromatic nitrogens is 2. The molecule has 0 spiro atoms. The number of methoxy groups -OCH3 is 1. The molecule has 0 bridgehead atoms. The van der Waals surface area contributed by atoms with Crippen molar-refractivity contribution in [1.82, 2.24) is 9.97 Å². The Balaban J connectivity index is 2.03. The first-order valence-electron chi connectivity index (χ1n) is 9.42. The highest BCUT2D eigenvalue weighted by atomic mass is 19.4. The highest BCUT2D eigenvalue weighted by Crippen LogP contribution is 2.45. The number of hydrogen-bond donors (Lipinski definition) is 2. The van der Waals surface area contributed by atoms with Gasteiger partial charge in [-0.3, -0.25) is 4.98 Å². The summed E-state index contributed by atoms with van der Waals surface area (Å²) in [5.74, 6) is -0.327. The van der Waals surface area contributed by atoms with Gasteiger partial charge in [-0.1, -0.05) is 13.8 Å². The van der Waals surface area contributed by atoms with E-state index in [-0.39, 0.29) is 17.0 Å². The zero-order valence-electron chi connectivity index (χ0n) is 17.2. The van der Waals surface area contributed by atoms with Crippen LogP contribution in [0, 0.1) is 12.7 Å². The third-order valence-electron chi connectivity index (χ3n) is 5.59. The molecule has 1 aromatic carbocycles. The van der Waals surface area contributed by atoms with Crippen LogP contribution in [-0.2, 0) is 11.8 Å². The predicted molar refractivity (Wildman–Crippen MR) is 106 cm³/mol. The lowest BCUT2D eigenvalue weighted by atomic mass is 9.73. The Kier molecular flexibility index (Phi) is 5.58. The molecule has 1 unspecified atom stereocenters. The number of rotatable bonds is 6. The Morgan fingerprint density at radius 1 is 1.17 bits per heavy atom. The number of aliphatic hydroxyl groups is 1. The Labute approximate surface area is 171 Å². The molecule has 0 saturated carbocycles. The van der Waals surface area contributed by atoms with Crippen LogP contribution in [0.15, 0.2) is 36.7 Å². The molecule has 0 radical (unpaired) electrons. The highest BCUT2D eigenvalue weighted by molar-refractivity contribution is 5.83. The summed E-state index contributed by atoms with van der Waals surface area (Å²) in [4.78, 5) is 6.97. The van der Waals surface area contributed by atoms with E-state index in [0.717, 1.165) is 6.07 Å². The van der Waals surface area contributed by atoms with Gasteiger partial charge in [0.15, 0.2) is 5.60 Å². The molecule has 0 aliphatic heterocycles. The molecule has 3 aromatic rings. The molecule has 0 fully saturated rings. The van der Waals surface area contributed by atoms with Gasteiger partial charge in [-0.15, -0.1) is 0 Å². The summed E-state index contributed by atoms with van der Waals surface area (Å²) in [6.07, 6.45) is -3.16. The van der Waals surface area contributed by atoms with Crippen LogP contribution in [0.5, 0.6) is 5.75 Å². The fourth-order valence-corrected chi connectivity index (χ4v) is 3.99. The van der Waals surface area contributed by atoms with Gasteiger partial charge in [0.25, 0.3) is 0 Å². The maximum Gasteiger partial charge on any atom is 0.417 e. The normalized spacial score (nSPS) is 14.7. The summed E-state index contributed by atoms with van der Waals surface area (Å²) >= 11 is 0. The Morgan fingerprint density at radius 3 is 2.47 bits per heavy atom. The highest BCUT2D eigenvalue weighted by Gasteiger charge is 2.56. The molecule has 0 aliphatic rings. The molecule has 30 heavy (non-hydrogen) atoms. The van der Waals surface area contributed by atoms with Gasteiger partial charge in [-0.25, -0.2) is 4.39 Å². The lowest BCUT2D eigenvalue weighted by Crippen LogP contribution is -2.51. The fourth-order valence-electron chi connectivity index (χ4n) is 3.99. The average molecular weight is 424 g/mol. The average Bonchev–Trinajstić information content (AvgIpc) is 2.96. The van der Waals surface area contributed by atoms with Crippen molar-refractivity contribution in [3.05, 3.63) is 59.3 Å². The molecular weight excluding hydrogens is 400 g/mol. The molecule has 1 atom stereocenters. The molecule has 3 rings (SSSR count). The van der Waals surface area contributed by atoms with Crippen LogP contribution in [0.4, 0.5) is 17.6 Å². The van der Waals surface area contributed by atoms with Crippen molar-refractivity contribution in [2.75, 3.05) is 7.11 Å². The molecule has 162 valence electrons. The van der Waals surface area contributed by atoms with Crippen molar-refractivity contribution in [2.45, 2.75) is 50.8 Å². The molecule has 2 aromatic heterocycles. The second kappa shape index (κ2) is 7.58. The first kappa shape index (κ1) is 22.1. The summed E-state index contributed by atoms with van der Waals surface area (Å²) in [6.45, 7) is 4.75. The van der Waals surface area contributed by atoms with Gasteiger partial charge in [0, 0.05) is 41.0 Å². The lowest BCUT2D eigenvalue weighted by Gasteiger charge is -2.38. The van der Waals surface area contributed by atoms with Crippen molar-refractivity contribution < 1.29 is 27.4 Å². The molecule has 2 N–H and O–H groups in total. The topological polar surface area (TPSA) is 58.1 Å². The smallest absolute Gasteiger partial charge is 0.417 e. The summed E-state index contributed by atoms with van der Waals surface area (Å²) in [6, 6.07) is 5.36. The van der Waals surface area contributed by atoms with Gasteiger partial charge >= 0.3 is 6.18 Å². The van der Waals surface area contributed by atoms with E-state index in [1.165, 1.54) is 39.3 Å². The zero-order chi connectivity index (χ0) is 22.3. The van der Waals surface area contributed by atoms with E-state index in [9.17, 15) is 22.7 Å². The number of hydrogen-bond acceptors (Lipinski definition) is 3. The van der Waals surface area contributed by atoms with E-state index in [1.54, 1.807) is 19.2 Å². The molecule has 0 amide bonds. The first-order chi connectivity index (χ1) is 13.9. The van der Waals surface area contributed by atoms with Crippen LogP contribution >= 0.6 is 0 Å². The Morgan fingerprint density at radius 2 is 1.87 bits per heavy atom. The summed E-state index contributed by atoms with van der Waals surface area (Å²) < 4.78 is 61.4. The van der Waals surface area contributed by atoms with Crippen molar-refractivity contribution in [3.8, 4) is 5.75 Å². The van der Waals surface area contributed by atoms with Gasteiger partial charge in [-0.05, 0) is 48.6 Å². The monoisotopic (exact) mass is 424 g/mol. The Hall–Kier alpha value is -2.61. The minimum Gasteiger partial charge on any atom is -0.496 e. The number of ether oxygens (including phenoxy) is 1. The second-order valence-corrected chi connectivity index (χ2v) is 8.26. The number of benzene rings is 1. The van der Waals surface area contributed by atoms with E-state index in [2.05, 4.69) is 9.97 Å². The number of fused-ring (bicyclic) bond motifs is 1. The summed E-state index contributed by atoms with van der Waals surface area (Å²) in [5.41, 5.74) is -2.51. The van der Waals surface area contributed by atoms with Crippen molar-refractivity contribution in [1.29, 1.82) is 0 Å². The van der Waals surface area contributed by atoms with Crippen molar-refractivity contribution >= 4 is 10.9 Å². The third-order valence-corrected chi connectivity index (χ3v) is 5.59. The van der Waals surface area contributed by atoms with Crippen LogP contribution in [0.25, 0.3) is 10.9 Å². The number of aromatic amines is 1. The van der Waals surface area contributed by atoms with Gasteiger partial charge in [-0.2, -0.15) is 13.2 Å². The number of nitrogens with one attached hydrogen (secondary N) is 1. The number of pyridine rings is 1. The number of alkyl halides is 3. The van der Waals surface area contributed by atoms with Crippen molar-refractivity contribution in [2.24, 2.45) is 0 Å². The minimum atomic E-state index is -4.91. The first-order valence-corrected chi connectivity index (χ1v) is 9.42. The maximum atomic E-state index is 14.1. The molecule has 0 aliphatic carbocycles. The standard InChI is InChI=1S/C22H24F4N2O2/c1-13-15-11-27-8-7-17(15)28-18(13)10-21(29,22(24,25)26)12-20(2,3)16-9-14(23)5-6-19(16)30-4/h5-9,11,28-29H,10,12H2,1-4H3.